The van der Waals surface area contributed by atoms with Gasteiger partial charge in [-0.2, -0.15) is 0 Å². The number of fused-ring (bicyclic) bond motifs is 1. The molecule has 4 aromatic rings. The molecule has 0 saturated carbocycles. The lowest BCUT2D eigenvalue weighted by atomic mass is 10.1. The van der Waals surface area contributed by atoms with Crippen molar-refractivity contribution < 1.29 is 8.91 Å². The minimum Gasteiger partial charge on any atom is -0.361 e. The predicted octanol–water partition coefficient (Wildman–Crippen LogP) is 4.79. The fourth-order valence-electron chi connectivity index (χ4n) is 2.85. The van der Waals surface area contributed by atoms with Crippen LogP contribution in [-0.4, -0.2) is 9.72 Å². The Morgan fingerprint density at radius 2 is 1.78 bits per heavy atom. The molecule has 4 rings (SSSR count). The van der Waals surface area contributed by atoms with Gasteiger partial charge in [0.1, 0.15) is 17.3 Å². The van der Waals surface area contributed by atoms with E-state index in [-0.39, 0.29) is 5.82 Å². The summed E-state index contributed by atoms with van der Waals surface area (Å²) in [4.78, 5) is 0. The molecule has 0 aliphatic rings. The van der Waals surface area contributed by atoms with Crippen LogP contribution >= 0.6 is 0 Å². The average Bonchev–Trinajstić information content (AvgIpc) is 3.11. The molecule has 2 heterocycles. The highest BCUT2D eigenvalue weighted by atomic mass is 19.1. The zero-order valence-electron chi connectivity index (χ0n) is 12.7. The third kappa shape index (κ3) is 2.52. The van der Waals surface area contributed by atoms with E-state index in [2.05, 4.69) is 34.3 Å². The van der Waals surface area contributed by atoms with Crippen molar-refractivity contribution in [2.24, 2.45) is 0 Å². The fourth-order valence-corrected chi connectivity index (χ4v) is 2.85. The third-order valence-corrected chi connectivity index (χ3v) is 4.03. The largest absolute Gasteiger partial charge is 0.361 e. The Labute approximate surface area is 133 Å². The van der Waals surface area contributed by atoms with Gasteiger partial charge in [0.2, 0.25) is 0 Å². The van der Waals surface area contributed by atoms with Gasteiger partial charge in [-0.15, -0.1) is 0 Å². The van der Waals surface area contributed by atoms with E-state index in [1.54, 1.807) is 6.07 Å². The van der Waals surface area contributed by atoms with E-state index in [4.69, 9.17) is 4.52 Å². The highest BCUT2D eigenvalue weighted by molar-refractivity contribution is 5.82. The number of hydrogen-bond acceptors (Lipinski definition) is 2. The monoisotopic (exact) mass is 306 g/mol. The van der Waals surface area contributed by atoms with Crippen LogP contribution in [0.25, 0.3) is 22.0 Å². The normalized spacial score (nSPS) is 11.2. The summed E-state index contributed by atoms with van der Waals surface area (Å²) in [7, 11) is 0. The lowest BCUT2D eigenvalue weighted by Crippen LogP contribution is -1.98. The van der Waals surface area contributed by atoms with Crippen molar-refractivity contribution >= 4 is 10.8 Å². The van der Waals surface area contributed by atoms with Crippen molar-refractivity contribution in [3.05, 3.63) is 78.1 Å². The number of halogens is 1. The van der Waals surface area contributed by atoms with Crippen LogP contribution in [0.4, 0.5) is 4.39 Å². The average molecular weight is 306 g/mol. The Hall–Kier alpha value is -2.88. The zero-order valence-corrected chi connectivity index (χ0v) is 12.7. The lowest BCUT2D eigenvalue weighted by molar-refractivity contribution is 0.397. The minimum atomic E-state index is -0.277. The van der Waals surface area contributed by atoms with E-state index in [0.717, 1.165) is 16.9 Å². The molecule has 2 aromatic carbocycles. The van der Waals surface area contributed by atoms with Gasteiger partial charge in [0.05, 0.1) is 6.54 Å². The van der Waals surface area contributed by atoms with Gasteiger partial charge >= 0.3 is 0 Å². The Morgan fingerprint density at radius 3 is 2.48 bits per heavy atom. The summed E-state index contributed by atoms with van der Waals surface area (Å²) >= 11 is 0. The number of benzene rings is 2. The number of aryl methyl sites for hydroxylation is 1. The Kier molecular flexibility index (Phi) is 3.23. The van der Waals surface area contributed by atoms with Crippen LogP contribution in [-0.2, 0) is 6.54 Å². The maximum atomic E-state index is 13.5. The molecule has 2 aromatic heterocycles. The zero-order chi connectivity index (χ0) is 15.8. The predicted molar refractivity (Wildman–Crippen MR) is 87.7 cm³/mol. The van der Waals surface area contributed by atoms with E-state index in [1.807, 2.05) is 25.1 Å². The molecule has 4 heteroatoms. The minimum absolute atomic E-state index is 0.277. The molecule has 0 aliphatic heterocycles. The van der Waals surface area contributed by atoms with Gasteiger partial charge in [-0.05, 0) is 29.8 Å². The Balaban J connectivity index is 1.75. The summed E-state index contributed by atoms with van der Waals surface area (Å²) in [6, 6.07) is 14.6. The van der Waals surface area contributed by atoms with Gasteiger partial charge in [0, 0.05) is 23.5 Å². The molecule has 0 aliphatic carbocycles. The van der Waals surface area contributed by atoms with Crippen molar-refractivity contribution in [2.45, 2.75) is 13.5 Å². The third-order valence-electron chi connectivity index (χ3n) is 4.03. The van der Waals surface area contributed by atoms with E-state index in [9.17, 15) is 4.39 Å². The van der Waals surface area contributed by atoms with Crippen LogP contribution in [0, 0.1) is 12.7 Å². The molecule has 0 amide bonds. The molecular formula is C19H15FN2O. The van der Waals surface area contributed by atoms with Gasteiger partial charge < -0.3 is 9.09 Å². The molecular weight excluding hydrogens is 291 g/mol. The molecule has 0 unspecified atom stereocenters. The van der Waals surface area contributed by atoms with Crippen molar-refractivity contribution in [2.75, 3.05) is 0 Å². The number of rotatable bonds is 3. The molecule has 3 nitrogen and oxygen atoms in total. The van der Waals surface area contributed by atoms with Crippen LogP contribution in [0.15, 0.2) is 65.4 Å². The van der Waals surface area contributed by atoms with Gasteiger partial charge in [-0.3, -0.25) is 0 Å². The van der Waals surface area contributed by atoms with E-state index in [0.29, 0.717) is 12.2 Å². The first-order valence-electron chi connectivity index (χ1n) is 7.46. The SMILES string of the molecule is Cc1onc(-c2cccc(F)c2)c1Cn1cc2ccccc2c1. The summed E-state index contributed by atoms with van der Waals surface area (Å²) < 4.78 is 20.9. The summed E-state index contributed by atoms with van der Waals surface area (Å²) in [6.45, 7) is 2.52. The fraction of sp³-hybridized carbons (Fsp3) is 0.105. The number of aromatic nitrogens is 2. The second-order valence-corrected chi connectivity index (χ2v) is 5.64. The van der Waals surface area contributed by atoms with Crippen LogP contribution in [0.2, 0.25) is 0 Å². The number of hydrogen-bond donors (Lipinski definition) is 0. The molecule has 0 bridgehead atoms. The van der Waals surface area contributed by atoms with Gasteiger partial charge in [0.25, 0.3) is 0 Å². The second kappa shape index (κ2) is 5.39. The Morgan fingerprint density at radius 1 is 1.04 bits per heavy atom. The topological polar surface area (TPSA) is 31.0 Å². The first-order valence-corrected chi connectivity index (χ1v) is 7.46. The van der Waals surface area contributed by atoms with Crippen LogP contribution in [0.3, 0.4) is 0 Å². The van der Waals surface area contributed by atoms with E-state index < -0.39 is 0 Å². The molecule has 0 N–H and O–H groups in total. The molecule has 23 heavy (non-hydrogen) atoms. The molecule has 114 valence electrons. The van der Waals surface area contributed by atoms with E-state index in [1.165, 1.54) is 22.9 Å². The highest BCUT2D eigenvalue weighted by Crippen LogP contribution is 2.27. The maximum Gasteiger partial charge on any atom is 0.139 e. The quantitative estimate of drug-likeness (QED) is 0.545. The smallest absolute Gasteiger partial charge is 0.139 e. The Bertz CT molecular complexity index is 951. The van der Waals surface area contributed by atoms with Gasteiger partial charge in [-0.25, -0.2) is 4.39 Å². The van der Waals surface area contributed by atoms with Crippen LogP contribution in [0.1, 0.15) is 11.3 Å². The first kappa shape index (κ1) is 13.8. The summed E-state index contributed by atoms with van der Waals surface area (Å²) in [6.07, 6.45) is 4.19. The second-order valence-electron chi connectivity index (χ2n) is 5.64. The molecule has 0 saturated heterocycles. The van der Waals surface area contributed by atoms with Gasteiger partial charge in [0.15, 0.2) is 0 Å². The summed E-state index contributed by atoms with van der Waals surface area (Å²) in [5.41, 5.74) is 2.39. The summed E-state index contributed by atoms with van der Waals surface area (Å²) in [5.74, 6) is 0.475. The molecule has 0 atom stereocenters. The van der Waals surface area contributed by atoms with Crippen LogP contribution in [0.5, 0.6) is 0 Å². The molecule has 0 fully saturated rings. The van der Waals surface area contributed by atoms with E-state index >= 15 is 0 Å². The standard InChI is InChI=1S/C19H15FN2O/c1-13-18(12-22-10-15-5-2-3-6-16(15)11-22)19(21-23-13)14-7-4-8-17(20)9-14/h2-11H,12H2,1H3. The van der Waals surface area contributed by atoms with Crippen LogP contribution < -0.4 is 0 Å². The number of nitrogens with zero attached hydrogens (tertiary/aromatic N) is 2. The van der Waals surface area contributed by atoms with Crippen molar-refractivity contribution in [3.63, 3.8) is 0 Å². The molecule has 0 spiro atoms. The van der Waals surface area contributed by atoms with Crippen molar-refractivity contribution in [3.8, 4) is 11.3 Å². The van der Waals surface area contributed by atoms with Gasteiger partial charge in [-0.1, -0.05) is 41.6 Å². The molecule has 0 radical (unpaired) electrons. The van der Waals surface area contributed by atoms with Crippen molar-refractivity contribution in [1.82, 2.24) is 9.72 Å². The first-order chi connectivity index (χ1) is 11.2. The van der Waals surface area contributed by atoms with Crippen molar-refractivity contribution in [1.29, 1.82) is 0 Å². The lowest BCUT2D eigenvalue weighted by Gasteiger charge is -2.04. The maximum absolute atomic E-state index is 13.5. The highest BCUT2D eigenvalue weighted by Gasteiger charge is 2.15. The summed E-state index contributed by atoms with van der Waals surface area (Å²) in [5, 5.41) is 6.50.